The molecule has 1 aliphatic carbocycles. The average molecular weight is 473 g/mol. The standard InChI is InChI=1S/C27H20N8O/c36-27(15-6-7-15)31-19-9-17(12-29-14-19)18-10-21-24(34-35-25(21)30-13-18)26-32-22-5-1-4-20(23(22)33-26)16-3-2-8-28-11-16/h1-5,8-15H,6-7H2,(H,31,36)(H,32,33)(H,30,34,35). The van der Waals surface area contributed by atoms with Crippen LogP contribution in [-0.4, -0.2) is 41.0 Å². The Hall–Kier alpha value is -4.92. The highest BCUT2D eigenvalue weighted by atomic mass is 16.2. The number of anilines is 1. The van der Waals surface area contributed by atoms with Crippen molar-refractivity contribution in [2.45, 2.75) is 12.8 Å². The number of H-pyrrole nitrogens is 2. The highest BCUT2D eigenvalue weighted by Crippen LogP contribution is 2.33. The topological polar surface area (TPSA) is 125 Å². The minimum Gasteiger partial charge on any atom is -0.337 e. The van der Waals surface area contributed by atoms with Crippen molar-refractivity contribution >= 4 is 33.7 Å². The van der Waals surface area contributed by atoms with Crippen molar-refractivity contribution in [1.29, 1.82) is 0 Å². The molecule has 174 valence electrons. The van der Waals surface area contributed by atoms with E-state index in [1.807, 2.05) is 48.7 Å². The van der Waals surface area contributed by atoms with Gasteiger partial charge < -0.3 is 10.3 Å². The summed E-state index contributed by atoms with van der Waals surface area (Å²) >= 11 is 0. The van der Waals surface area contributed by atoms with Crippen LogP contribution in [0, 0.1) is 5.92 Å². The third-order valence-corrected chi connectivity index (χ3v) is 6.41. The minimum atomic E-state index is 0.0511. The SMILES string of the molecule is O=C(Nc1cncc(-c2cnc3[nH]nc(-c4nc5c(-c6cccnc6)cccc5[nH]4)c3c2)c1)C1CC1. The molecule has 0 unspecified atom stereocenters. The molecule has 1 aliphatic rings. The van der Waals surface area contributed by atoms with Crippen LogP contribution in [0.25, 0.3) is 55.8 Å². The molecule has 1 fully saturated rings. The zero-order valence-corrected chi connectivity index (χ0v) is 19.1. The van der Waals surface area contributed by atoms with Crippen molar-refractivity contribution < 1.29 is 4.79 Å². The van der Waals surface area contributed by atoms with Crippen LogP contribution in [0.1, 0.15) is 12.8 Å². The molecule has 1 amide bonds. The second-order valence-electron chi connectivity index (χ2n) is 8.95. The van der Waals surface area contributed by atoms with E-state index >= 15 is 0 Å². The van der Waals surface area contributed by atoms with Crippen molar-refractivity contribution in [3.05, 3.63) is 73.4 Å². The maximum absolute atomic E-state index is 12.2. The number of fused-ring (bicyclic) bond motifs is 2. The maximum Gasteiger partial charge on any atom is 0.227 e. The second kappa shape index (κ2) is 8.09. The van der Waals surface area contributed by atoms with E-state index in [9.17, 15) is 4.79 Å². The van der Waals surface area contributed by atoms with Crippen LogP contribution in [0.15, 0.2) is 73.4 Å². The predicted molar refractivity (Wildman–Crippen MR) is 137 cm³/mol. The molecule has 9 heteroatoms. The third-order valence-electron chi connectivity index (χ3n) is 6.41. The van der Waals surface area contributed by atoms with E-state index in [4.69, 9.17) is 4.98 Å². The molecule has 5 heterocycles. The number of amides is 1. The minimum absolute atomic E-state index is 0.0511. The molecule has 36 heavy (non-hydrogen) atoms. The maximum atomic E-state index is 12.2. The van der Waals surface area contributed by atoms with Gasteiger partial charge in [0.2, 0.25) is 5.91 Å². The average Bonchev–Trinajstić information content (AvgIpc) is 3.55. The van der Waals surface area contributed by atoms with E-state index in [0.29, 0.717) is 22.9 Å². The molecular weight excluding hydrogens is 452 g/mol. The summed E-state index contributed by atoms with van der Waals surface area (Å²) in [5.74, 6) is 0.827. The highest BCUT2D eigenvalue weighted by molar-refractivity contribution is 5.98. The lowest BCUT2D eigenvalue weighted by atomic mass is 10.1. The lowest BCUT2D eigenvalue weighted by Gasteiger charge is -2.06. The van der Waals surface area contributed by atoms with Gasteiger partial charge in [0.15, 0.2) is 11.5 Å². The van der Waals surface area contributed by atoms with Crippen molar-refractivity contribution in [3.63, 3.8) is 0 Å². The zero-order valence-electron chi connectivity index (χ0n) is 19.1. The number of benzene rings is 1. The number of pyridine rings is 3. The van der Waals surface area contributed by atoms with Crippen molar-refractivity contribution in [3.8, 4) is 33.8 Å². The van der Waals surface area contributed by atoms with Gasteiger partial charge in [-0.05, 0) is 37.1 Å². The molecule has 0 aliphatic heterocycles. The quantitative estimate of drug-likeness (QED) is 0.325. The first-order valence-corrected chi connectivity index (χ1v) is 11.7. The molecule has 1 saturated carbocycles. The fourth-order valence-corrected chi connectivity index (χ4v) is 4.40. The van der Waals surface area contributed by atoms with Gasteiger partial charge >= 0.3 is 0 Å². The molecule has 3 N–H and O–H groups in total. The number of rotatable bonds is 5. The number of aromatic amines is 2. The summed E-state index contributed by atoms with van der Waals surface area (Å²) in [5, 5.41) is 11.3. The van der Waals surface area contributed by atoms with E-state index in [1.54, 1.807) is 24.8 Å². The van der Waals surface area contributed by atoms with Gasteiger partial charge in [0, 0.05) is 53.0 Å². The monoisotopic (exact) mass is 472 g/mol. The number of para-hydroxylation sites is 1. The number of carbonyl (C=O) groups is 1. The highest BCUT2D eigenvalue weighted by Gasteiger charge is 2.29. The molecule has 5 aromatic heterocycles. The Bertz CT molecular complexity index is 1750. The fourth-order valence-electron chi connectivity index (χ4n) is 4.40. The molecule has 0 radical (unpaired) electrons. The van der Waals surface area contributed by atoms with Gasteiger partial charge in [0.25, 0.3) is 0 Å². The number of nitrogens with one attached hydrogen (secondary N) is 3. The molecule has 1 aromatic carbocycles. The Morgan fingerprint density at radius 3 is 2.69 bits per heavy atom. The molecule has 7 rings (SSSR count). The smallest absolute Gasteiger partial charge is 0.227 e. The Balaban J connectivity index is 1.28. The van der Waals surface area contributed by atoms with Crippen LogP contribution in [0.5, 0.6) is 0 Å². The summed E-state index contributed by atoms with van der Waals surface area (Å²) in [6.07, 6.45) is 10.7. The first-order chi connectivity index (χ1) is 17.7. The van der Waals surface area contributed by atoms with Gasteiger partial charge in [-0.1, -0.05) is 18.2 Å². The summed E-state index contributed by atoms with van der Waals surface area (Å²) in [6.45, 7) is 0. The fraction of sp³-hybridized carbons (Fsp3) is 0.111. The van der Waals surface area contributed by atoms with Gasteiger partial charge in [-0.2, -0.15) is 5.10 Å². The van der Waals surface area contributed by atoms with Crippen LogP contribution in [0.2, 0.25) is 0 Å². The van der Waals surface area contributed by atoms with Crippen molar-refractivity contribution in [1.82, 2.24) is 35.1 Å². The van der Waals surface area contributed by atoms with Crippen LogP contribution in [0.4, 0.5) is 5.69 Å². The molecule has 0 atom stereocenters. The Morgan fingerprint density at radius 1 is 0.944 bits per heavy atom. The number of carbonyl (C=O) groups excluding carboxylic acids is 1. The second-order valence-corrected chi connectivity index (χ2v) is 8.95. The van der Waals surface area contributed by atoms with E-state index < -0.39 is 0 Å². The Labute approximate surface area is 205 Å². The lowest BCUT2D eigenvalue weighted by molar-refractivity contribution is -0.117. The number of hydrogen-bond donors (Lipinski definition) is 3. The molecule has 9 nitrogen and oxygen atoms in total. The summed E-state index contributed by atoms with van der Waals surface area (Å²) in [7, 11) is 0. The van der Waals surface area contributed by atoms with Crippen LogP contribution in [-0.2, 0) is 4.79 Å². The Morgan fingerprint density at radius 2 is 1.83 bits per heavy atom. The van der Waals surface area contributed by atoms with Crippen LogP contribution in [0.3, 0.4) is 0 Å². The number of hydrogen-bond acceptors (Lipinski definition) is 6. The molecule has 0 spiro atoms. The summed E-state index contributed by atoms with van der Waals surface area (Å²) in [6, 6.07) is 13.9. The van der Waals surface area contributed by atoms with Gasteiger partial charge in [0.05, 0.1) is 28.3 Å². The largest absolute Gasteiger partial charge is 0.337 e. The first-order valence-electron chi connectivity index (χ1n) is 11.7. The zero-order chi connectivity index (χ0) is 24.1. The predicted octanol–water partition coefficient (Wildman–Crippen LogP) is 4.97. The van der Waals surface area contributed by atoms with E-state index in [-0.39, 0.29) is 11.8 Å². The number of imidazole rings is 1. The van der Waals surface area contributed by atoms with E-state index in [2.05, 4.69) is 35.5 Å². The van der Waals surface area contributed by atoms with Crippen molar-refractivity contribution in [2.75, 3.05) is 5.32 Å². The number of aromatic nitrogens is 7. The summed E-state index contributed by atoms with van der Waals surface area (Å²) in [4.78, 5) is 33.6. The Kier molecular flexibility index (Phi) is 4.60. The molecule has 6 aromatic rings. The lowest BCUT2D eigenvalue weighted by Crippen LogP contribution is -2.13. The normalized spacial score (nSPS) is 13.3. The van der Waals surface area contributed by atoms with E-state index in [0.717, 1.165) is 51.5 Å². The van der Waals surface area contributed by atoms with Crippen molar-refractivity contribution in [2.24, 2.45) is 5.92 Å². The van der Waals surface area contributed by atoms with Crippen LogP contribution >= 0.6 is 0 Å². The van der Waals surface area contributed by atoms with Crippen LogP contribution < -0.4 is 5.32 Å². The van der Waals surface area contributed by atoms with Gasteiger partial charge in [0.1, 0.15) is 5.69 Å². The van der Waals surface area contributed by atoms with Gasteiger partial charge in [-0.25, -0.2) is 9.97 Å². The molecule has 0 bridgehead atoms. The molecular formula is C27H20N8O. The summed E-state index contributed by atoms with van der Waals surface area (Å²) in [5.41, 5.74) is 7.50. The summed E-state index contributed by atoms with van der Waals surface area (Å²) < 4.78 is 0. The van der Waals surface area contributed by atoms with Gasteiger partial charge in [-0.3, -0.25) is 19.9 Å². The van der Waals surface area contributed by atoms with Gasteiger partial charge in [-0.15, -0.1) is 0 Å². The third kappa shape index (κ3) is 3.58. The number of nitrogens with zero attached hydrogens (tertiary/aromatic N) is 5. The van der Waals surface area contributed by atoms with E-state index in [1.165, 1.54) is 0 Å². The molecule has 0 saturated heterocycles. The first kappa shape index (κ1) is 20.5.